The molecule has 6 nitrogen and oxygen atoms in total. The minimum Gasteiger partial charge on any atom is -0.492 e. The Bertz CT molecular complexity index is 1390. The van der Waals surface area contributed by atoms with Crippen LogP contribution in [0.5, 0.6) is 11.5 Å². The van der Waals surface area contributed by atoms with Gasteiger partial charge in [0.15, 0.2) is 0 Å². The van der Waals surface area contributed by atoms with E-state index in [0.29, 0.717) is 23.9 Å². The van der Waals surface area contributed by atoms with Gasteiger partial charge in [-0.15, -0.1) is 0 Å². The van der Waals surface area contributed by atoms with E-state index in [-0.39, 0.29) is 18.5 Å². The lowest BCUT2D eigenvalue weighted by Gasteiger charge is -2.30. The van der Waals surface area contributed by atoms with Crippen LogP contribution >= 0.6 is 11.6 Å². The van der Waals surface area contributed by atoms with Crippen molar-refractivity contribution >= 4 is 17.4 Å². The number of hydrogen-bond donors (Lipinski definition) is 2. The van der Waals surface area contributed by atoms with Crippen molar-refractivity contribution in [3.8, 4) is 22.6 Å². The lowest BCUT2D eigenvalue weighted by atomic mass is 9.93. The molecule has 7 heteroatoms. The Morgan fingerprint density at radius 3 is 2.49 bits per heavy atom. The second kappa shape index (κ2) is 15.7. The van der Waals surface area contributed by atoms with Gasteiger partial charge in [-0.1, -0.05) is 62.2 Å². The molecule has 0 radical (unpaired) electrons. The lowest BCUT2D eigenvalue weighted by Crippen LogP contribution is -2.39. The first-order valence-corrected chi connectivity index (χ1v) is 16.0. The third kappa shape index (κ3) is 8.18. The molecule has 0 saturated carbocycles. The molecule has 232 valence electrons. The van der Waals surface area contributed by atoms with Crippen LogP contribution in [0.15, 0.2) is 48.5 Å². The average Bonchev–Trinajstić information content (AvgIpc) is 3.37. The maximum absolute atomic E-state index is 11.6. The first-order valence-electron chi connectivity index (χ1n) is 15.6. The van der Waals surface area contributed by atoms with Crippen LogP contribution in [0.3, 0.4) is 0 Å². The molecule has 1 aliphatic heterocycles. The number of nitrogens with zero attached hydrogens (tertiary/aromatic N) is 1. The topological polar surface area (TPSA) is 71.0 Å². The summed E-state index contributed by atoms with van der Waals surface area (Å²) < 4.78 is 12.7. The molecule has 2 N–H and O–H groups in total. The van der Waals surface area contributed by atoms with Crippen LogP contribution in [0.25, 0.3) is 11.1 Å². The zero-order valence-corrected chi connectivity index (χ0v) is 27.1. The lowest BCUT2D eigenvalue weighted by molar-refractivity contribution is -0.119. The van der Waals surface area contributed by atoms with Crippen molar-refractivity contribution in [1.29, 1.82) is 0 Å². The Morgan fingerprint density at radius 1 is 1.09 bits per heavy atom. The van der Waals surface area contributed by atoms with Crippen molar-refractivity contribution in [2.24, 2.45) is 0 Å². The number of rotatable bonds is 12. The van der Waals surface area contributed by atoms with Gasteiger partial charge in [0.25, 0.3) is 0 Å². The van der Waals surface area contributed by atoms with Gasteiger partial charge in [0.1, 0.15) is 30.0 Å². The number of carbonyl (C=O) groups excluding carboxylic acids is 1. The first-order chi connectivity index (χ1) is 20.8. The number of hydrogen-bond acceptors (Lipinski definition) is 6. The zero-order valence-electron chi connectivity index (χ0n) is 26.3. The molecule has 2 atom stereocenters. The molecule has 0 spiro atoms. The molecule has 0 aromatic heterocycles. The maximum atomic E-state index is 11.6. The molecule has 43 heavy (non-hydrogen) atoms. The van der Waals surface area contributed by atoms with Gasteiger partial charge >= 0.3 is 0 Å². The number of carbonyl (C=O) groups is 1. The van der Waals surface area contributed by atoms with Crippen molar-refractivity contribution in [2.75, 3.05) is 32.8 Å². The standard InChI is InChI=1S/C33H39ClN2O4.C3H8/c1-21-17-33(29(34)18-24(21)19-35-30(20-37)23(3)38)40-32-12-11-27-26(8-4-9-28(27)32)25-7-5-10-31(22(25)2)39-16-15-36-13-6-14-36;1-3-2/h4-5,7-10,17-18,30,32,35,37H,6,11-16,19-20H2,1-3H3;3H2,1-2H3/t30?,32-;/m0./s1. The van der Waals surface area contributed by atoms with E-state index in [4.69, 9.17) is 21.1 Å². The van der Waals surface area contributed by atoms with Crippen LogP contribution in [-0.2, 0) is 17.8 Å². The molecule has 0 amide bonds. The summed E-state index contributed by atoms with van der Waals surface area (Å²) in [5, 5.41) is 13.1. The summed E-state index contributed by atoms with van der Waals surface area (Å²) in [7, 11) is 0. The van der Waals surface area contributed by atoms with Gasteiger partial charge in [-0.25, -0.2) is 0 Å². The van der Waals surface area contributed by atoms with E-state index >= 15 is 0 Å². The quantitative estimate of drug-likeness (QED) is 0.227. The van der Waals surface area contributed by atoms with Crippen molar-refractivity contribution in [1.82, 2.24) is 10.2 Å². The molecule has 1 aliphatic carbocycles. The highest BCUT2D eigenvalue weighted by atomic mass is 35.5. The van der Waals surface area contributed by atoms with Crippen LogP contribution in [0.1, 0.15) is 74.0 Å². The molecule has 1 saturated heterocycles. The second-order valence-corrected chi connectivity index (χ2v) is 12.0. The summed E-state index contributed by atoms with van der Waals surface area (Å²) in [6.45, 7) is 14.1. The van der Waals surface area contributed by atoms with Crippen molar-refractivity contribution < 1.29 is 19.4 Å². The molecule has 1 fully saturated rings. The number of aliphatic hydroxyl groups excluding tert-OH is 1. The SMILES string of the molecule is CC(=O)C(CO)NCc1cc(Cl)c(O[C@H]2CCc3c(-c4cccc(OCCN5CCC5)c4C)cccc32)cc1C.CCC. The Kier molecular flexibility index (Phi) is 12.1. The molecule has 0 bridgehead atoms. The largest absolute Gasteiger partial charge is 0.492 e. The van der Waals surface area contributed by atoms with Gasteiger partial charge in [0.05, 0.1) is 17.7 Å². The summed E-state index contributed by atoms with van der Waals surface area (Å²) in [5.41, 5.74) is 8.11. The van der Waals surface area contributed by atoms with Crippen LogP contribution < -0.4 is 14.8 Å². The Labute approximate surface area is 262 Å². The number of halogens is 1. The van der Waals surface area contributed by atoms with E-state index in [1.807, 2.05) is 19.1 Å². The van der Waals surface area contributed by atoms with E-state index in [0.717, 1.165) is 36.3 Å². The van der Waals surface area contributed by atoms with Gasteiger partial charge < -0.3 is 19.9 Å². The van der Waals surface area contributed by atoms with Gasteiger partial charge in [0.2, 0.25) is 0 Å². The van der Waals surface area contributed by atoms with Crippen molar-refractivity contribution in [2.45, 2.75) is 79.0 Å². The number of Topliss-reactive ketones (excluding diaryl/α,β-unsaturated/α-hetero) is 1. The van der Waals surface area contributed by atoms with Crippen LogP contribution in [0, 0.1) is 13.8 Å². The number of fused-ring (bicyclic) bond motifs is 1. The predicted molar refractivity (Wildman–Crippen MR) is 175 cm³/mol. The Morgan fingerprint density at radius 2 is 1.81 bits per heavy atom. The normalized spacial score (nSPS) is 16.5. The number of ether oxygens (including phenoxy) is 2. The van der Waals surface area contributed by atoms with E-state index in [1.54, 1.807) is 0 Å². The van der Waals surface area contributed by atoms with E-state index in [1.165, 1.54) is 60.7 Å². The van der Waals surface area contributed by atoms with E-state index in [2.05, 4.69) is 67.4 Å². The third-order valence-electron chi connectivity index (χ3n) is 8.28. The number of nitrogens with one attached hydrogen (secondary N) is 1. The highest BCUT2D eigenvalue weighted by molar-refractivity contribution is 6.32. The van der Waals surface area contributed by atoms with Crippen LogP contribution in [-0.4, -0.2) is 54.7 Å². The number of aryl methyl sites for hydroxylation is 1. The summed E-state index contributed by atoms with van der Waals surface area (Å²) in [6, 6.07) is 16.1. The van der Waals surface area contributed by atoms with Gasteiger partial charge in [-0.2, -0.15) is 0 Å². The van der Waals surface area contributed by atoms with Crippen LogP contribution in [0.2, 0.25) is 5.02 Å². The number of benzene rings is 3. The smallest absolute Gasteiger partial charge is 0.149 e. The Hall–Kier alpha value is -2.90. The van der Waals surface area contributed by atoms with E-state index < -0.39 is 6.04 Å². The fourth-order valence-electron chi connectivity index (χ4n) is 5.64. The minimum absolute atomic E-state index is 0.0800. The van der Waals surface area contributed by atoms with Gasteiger partial charge in [-0.05, 0) is 110 Å². The number of aliphatic hydroxyl groups is 1. The fourth-order valence-corrected chi connectivity index (χ4v) is 5.87. The number of ketones is 1. The monoisotopic (exact) mass is 606 g/mol. The van der Waals surface area contributed by atoms with Crippen molar-refractivity contribution in [3.63, 3.8) is 0 Å². The minimum atomic E-state index is -0.584. The summed E-state index contributed by atoms with van der Waals surface area (Å²) in [4.78, 5) is 14.1. The first kappa shape index (κ1) is 33.0. The third-order valence-corrected chi connectivity index (χ3v) is 8.57. The van der Waals surface area contributed by atoms with Crippen molar-refractivity contribution in [3.05, 3.63) is 81.4 Å². The molecular formula is C36H47ClN2O4. The predicted octanol–water partition coefficient (Wildman–Crippen LogP) is 7.23. The zero-order chi connectivity index (χ0) is 30.9. The summed E-state index contributed by atoms with van der Waals surface area (Å²) in [6.07, 6.45) is 4.28. The molecule has 2 aliphatic rings. The molecule has 5 rings (SSSR count). The van der Waals surface area contributed by atoms with Crippen LogP contribution in [0.4, 0.5) is 0 Å². The molecule has 1 unspecified atom stereocenters. The molecular weight excluding hydrogens is 560 g/mol. The fraction of sp³-hybridized carbons (Fsp3) is 0.472. The highest BCUT2D eigenvalue weighted by Crippen LogP contribution is 2.43. The molecule has 3 aromatic carbocycles. The summed E-state index contributed by atoms with van der Waals surface area (Å²) >= 11 is 6.67. The summed E-state index contributed by atoms with van der Waals surface area (Å²) in [5.74, 6) is 1.51. The molecule has 3 aromatic rings. The number of likely N-dealkylation sites (tertiary alicyclic amines) is 1. The Balaban J connectivity index is 0.00000135. The van der Waals surface area contributed by atoms with E-state index in [9.17, 15) is 9.90 Å². The van der Waals surface area contributed by atoms with Gasteiger partial charge in [-0.3, -0.25) is 9.69 Å². The second-order valence-electron chi connectivity index (χ2n) is 11.6. The molecule has 1 heterocycles. The average molecular weight is 607 g/mol. The highest BCUT2D eigenvalue weighted by Gasteiger charge is 2.28. The van der Waals surface area contributed by atoms with Gasteiger partial charge in [0, 0.05) is 13.1 Å². The maximum Gasteiger partial charge on any atom is 0.149 e.